The molecule has 0 saturated carbocycles. The third-order valence-electron chi connectivity index (χ3n) is 5.18. The molecule has 1 amide bonds. The Balaban J connectivity index is 1.86. The van der Waals surface area contributed by atoms with Crippen molar-refractivity contribution in [3.05, 3.63) is 95.6 Å². The second-order valence-corrected chi connectivity index (χ2v) is 9.31. The maximum Gasteiger partial charge on any atom is 0.247 e. The monoisotopic (exact) mass is 452 g/mol. The molecule has 0 spiro atoms. The summed E-state index contributed by atoms with van der Waals surface area (Å²) in [7, 11) is -2.50. The van der Waals surface area contributed by atoms with Crippen molar-refractivity contribution in [3.63, 3.8) is 0 Å². The lowest BCUT2D eigenvalue weighted by molar-refractivity contribution is -0.121. The Kier molecular flexibility index (Phi) is 7.66. The van der Waals surface area contributed by atoms with Gasteiger partial charge in [-0.3, -0.25) is 4.79 Å². The van der Waals surface area contributed by atoms with Gasteiger partial charge in [-0.25, -0.2) is 8.42 Å². The molecule has 3 rings (SSSR count). The van der Waals surface area contributed by atoms with Gasteiger partial charge in [0.25, 0.3) is 0 Å². The van der Waals surface area contributed by atoms with Gasteiger partial charge in [-0.2, -0.15) is 4.31 Å². The van der Waals surface area contributed by atoms with Crippen LogP contribution in [0.4, 0.5) is 0 Å². The number of hydrogen-bond acceptors (Lipinski definition) is 4. The normalized spacial score (nSPS) is 11.5. The van der Waals surface area contributed by atoms with Crippen LogP contribution in [0.3, 0.4) is 0 Å². The van der Waals surface area contributed by atoms with Crippen molar-refractivity contribution in [2.24, 2.45) is 0 Å². The van der Waals surface area contributed by atoms with Gasteiger partial charge in [0.05, 0.1) is 19.7 Å². The van der Waals surface area contributed by atoms with E-state index in [0.717, 1.165) is 21.0 Å². The topological polar surface area (TPSA) is 75.7 Å². The second-order valence-electron chi connectivity index (χ2n) is 7.41. The third kappa shape index (κ3) is 5.36. The molecule has 0 aliphatic heterocycles. The summed E-state index contributed by atoms with van der Waals surface area (Å²) in [6.07, 6.45) is 0. The fourth-order valence-electron chi connectivity index (χ4n) is 3.51. The third-order valence-corrected chi connectivity index (χ3v) is 7.12. The number of hydrogen-bond donors (Lipinski definition) is 1. The zero-order valence-corrected chi connectivity index (χ0v) is 19.3. The van der Waals surface area contributed by atoms with E-state index in [1.54, 1.807) is 25.1 Å². The van der Waals surface area contributed by atoms with Gasteiger partial charge in [-0.1, -0.05) is 73.7 Å². The molecule has 0 aliphatic carbocycles. The van der Waals surface area contributed by atoms with E-state index in [1.165, 1.54) is 7.11 Å². The molecule has 0 radical (unpaired) electrons. The number of benzene rings is 3. The highest BCUT2D eigenvalue weighted by Gasteiger charge is 2.29. The minimum absolute atomic E-state index is 0.0531. The average Bonchev–Trinajstić information content (AvgIpc) is 2.82. The number of carbonyl (C=O) groups excluding carboxylic acids is 1. The predicted molar refractivity (Wildman–Crippen MR) is 125 cm³/mol. The summed E-state index contributed by atoms with van der Waals surface area (Å²) in [4.78, 5) is 13.1. The van der Waals surface area contributed by atoms with Gasteiger partial charge in [0.1, 0.15) is 10.6 Å². The Morgan fingerprint density at radius 2 is 1.53 bits per heavy atom. The number of methoxy groups -OCH3 is 1. The average molecular weight is 453 g/mol. The summed E-state index contributed by atoms with van der Waals surface area (Å²) in [5.74, 6) is -0.138. The van der Waals surface area contributed by atoms with Gasteiger partial charge >= 0.3 is 0 Å². The summed E-state index contributed by atoms with van der Waals surface area (Å²) in [6, 6.07) is 23.8. The maximum absolute atomic E-state index is 13.3. The van der Waals surface area contributed by atoms with Crippen LogP contribution in [-0.2, 0) is 14.8 Å². The smallest absolute Gasteiger partial charge is 0.247 e. The fraction of sp³-hybridized carbons (Fsp3) is 0.240. The molecule has 0 saturated heterocycles. The molecule has 0 unspecified atom stereocenters. The highest BCUT2D eigenvalue weighted by molar-refractivity contribution is 7.89. The highest BCUT2D eigenvalue weighted by Crippen LogP contribution is 2.28. The van der Waals surface area contributed by atoms with Crippen LogP contribution >= 0.6 is 0 Å². The number of aryl methyl sites for hydroxylation is 1. The molecule has 3 aromatic carbocycles. The zero-order valence-electron chi connectivity index (χ0n) is 18.5. The van der Waals surface area contributed by atoms with Crippen molar-refractivity contribution in [2.45, 2.75) is 24.8 Å². The Morgan fingerprint density at radius 3 is 2.03 bits per heavy atom. The van der Waals surface area contributed by atoms with E-state index in [2.05, 4.69) is 5.32 Å². The second kappa shape index (κ2) is 10.4. The molecule has 0 bridgehead atoms. The summed E-state index contributed by atoms with van der Waals surface area (Å²) in [5, 5.41) is 3.00. The number of likely N-dealkylation sites (N-methyl/N-ethyl adjacent to an activating group) is 1. The Labute approximate surface area is 189 Å². The van der Waals surface area contributed by atoms with E-state index in [4.69, 9.17) is 4.74 Å². The van der Waals surface area contributed by atoms with Gasteiger partial charge in [-0.05, 0) is 35.7 Å². The first-order valence-corrected chi connectivity index (χ1v) is 11.8. The molecule has 0 atom stereocenters. The SMILES string of the molecule is CCN(CC(=O)NC(c1ccccc1)c1ccccc1)S(=O)(=O)c1cc(C)ccc1OC. The van der Waals surface area contributed by atoms with E-state index < -0.39 is 10.0 Å². The predicted octanol–water partition coefficient (Wildman–Crippen LogP) is 3.92. The van der Waals surface area contributed by atoms with Crippen LogP contribution < -0.4 is 10.1 Å². The first-order chi connectivity index (χ1) is 15.4. The summed E-state index contributed by atoms with van der Waals surface area (Å²) >= 11 is 0. The minimum Gasteiger partial charge on any atom is -0.495 e. The molecule has 0 fully saturated rings. The molecule has 3 aromatic rings. The molecule has 0 aliphatic rings. The standard InChI is InChI=1S/C25H28N2O4S/c1-4-27(32(29,30)23-17-19(2)15-16-22(23)31-3)18-24(28)26-25(20-11-7-5-8-12-20)21-13-9-6-10-14-21/h5-17,25H,4,18H2,1-3H3,(H,26,28). The lowest BCUT2D eigenvalue weighted by Gasteiger charge is -2.24. The number of rotatable bonds is 9. The summed E-state index contributed by atoms with van der Waals surface area (Å²) in [6.45, 7) is 3.37. The number of nitrogens with zero attached hydrogens (tertiary/aromatic N) is 1. The van der Waals surface area contributed by atoms with E-state index in [1.807, 2.05) is 67.6 Å². The van der Waals surface area contributed by atoms with E-state index in [9.17, 15) is 13.2 Å². The van der Waals surface area contributed by atoms with Crippen LogP contribution in [0, 0.1) is 6.92 Å². The van der Waals surface area contributed by atoms with E-state index in [0.29, 0.717) is 0 Å². The van der Waals surface area contributed by atoms with Crippen LogP contribution in [-0.4, -0.2) is 38.8 Å². The van der Waals surface area contributed by atoms with Crippen LogP contribution in [0.2, 0.25) is 0 Å². The fourth-order valence-corrected chi connectivity index (χ4v) is 5.15. The molecule has 0 heterocycles. The van der Waals surface area contributed by atoms with Crippen LogP contribution in [0.15, 0.2) is 83.8 Å². The van der Waals surface area contributed by atoms with Crippen molar-refractivity contribution >= 4 is 15.9 Å². The summed E-state index contributed by atoms with van der Waals surface area (Å²) in [5.41, 5.74) is 2.62. The van der Waals surface area contributed by atoms with Gasteiger partial charge in [0.15, 0.2) is 0 Å². The van der Waals surface area contributed by atoms with Crippen LogP contribution in [0.1, 0.15) is 29.7 Å². The maximum atomic E-state index is 13.3. The highest BCUT2D eigenvalue weighted by atomic mass is 32.2. The van der Waals surface area contributed by atoms with Gasteiger partial charge in [0.2, 0.25) is 15.9 Å². The van der Waals surface area contributed by atoms with Crippen molar-refractivity contribution in [3.8, 4) is 5.75 Å². The molecule has 0 aromatic heterocycles. The lowest BCUT2D eigenvalue weighted by atomic mass is 9.99. The molecular formula is C25H28N2O4S. The van der Waals surface area contributed by atoms with Crippen molar-refractivity contribution in [1.82, 2.24) is 9.62 Å². The molecule has 6 nitrogen and oxygen atoms in total. The van der Waals surface area contributed by atoms with E-state index >= 15 is 0 Å². The number of amides is 1. The van der Waals surface area contributed by atoms with E-state index in [-0.39, 0.29) is 35.7 Å². The number of carbonyl (C=O) groups is 1. The number of ether oxygens (including phenoxy) is 1. The van der Waals surface area contributed by atoms with Gasteiger partial charge in [0, 0.05) is 6.54 Å². The van der Waals surface area contributed by atoms with Gasteiger partial charge in [-0.15, -0.1) is 0 Å². The van der Waals surface area contributed by atoms with Crippen LogP contribution in [0.25, 0.3) is 0 Å². The molecule has 7 heteroatoms. The molecule has 168 valence electrons. The van der Waals surface area contributed by atoms with Gasteiger partial charge < -0.3 is 10.1 Å². The molecule has 1 N–H and O–H groups in total. The zero-order chi connectivity index (χ0) is 23.1. The quantitative estimate of drug-likeness (QED) is 0.534. The lowest BCUT2D eigenvalue weighted by Crippen LogP contribution is -2.42. The number of sulfonamides is 1. The molecular weight excluding hydrogens is 424 g/mol. The Bertz CT molecular complexity index is 1110. The van der Waals surface area contributed by atoms with Crippen LogP contribution in [0.5, 0.6) is 5.75 Å². The first kappa shape index (κ1) is 23.5. The Hall–Kier alpha value is -3.16. The van der Waals surface area contributed by atoms with Crippen molar-refractivity contribution in [1.29, 1.82) is 0 Å². The first-order valence-electron chi connectivity index (χ1n) is 10.4. The largest absolute Gasteiger partial charge is 0.495 e. The summed E-state index contributed by atoms with van der Waals surface area (Å²) < 4.78 is 33.1. The minimum atomic E-state index is -3.93. The van der Waals surface area contributed by atoms with Crippen molar-refractivity contribution in [2.75, 3.05) is 20.2 Å². The Morgan fingerprint density at radius 1 is 0.969 bits per heavy atom. The molecule has 32 heavy (non-hydrogen) atoms. The number of nitrogens with one attached hydrogen (secondary N) is 1. The van der Waals surface area contributed by atoms with Crippen molar-refractivity contribution < 1.29 is 17.9 Å².